The third-order valence-electron chi connectivity index (χ3n) is 2.95. The number of allylic oxidation sites excluding steroid dienone is 1. The van der Waals surface area contributed by atoms with Crippen molar-refractivity contribution in [3.05, 3.63) is 36.3 Å². The fraction of sp³-hybridized carbons (Fsp3) is 0.214. The van der Waals surface area contributed by atoms with E-state index in [9.17, 15) is 13.2 Å². The van der Waals surface area contributed by atoms with Gasteiger partial charge in [0.25, 0.3) is 0 Å². The zero-order valence-corrected chi connectivity index (χ0v) is 13.3. The van der Waals surface area contributed by atoms with Crippen LogP contribution >= 0.6 is 0 Å². The van der Waals surface area contributed by atoms with E-state index in [1.54, 1.807) is 14.1 Å². The van der Waals surface area contributed by atoms with Crippen molar-refractivity contribution in [3.63, 3.8) is 0 Å². The fourth-order valence-electron chi connectivity index (χ4n) is 1.84. The SMILES string of the molecule is CN=C/C(=C\N)Nc1ncc(-c2cnc(C(F)(F)F)nc2)c(NC)n1. The Balaban J connectivity index is 2.33. The number of nitrogens with zero attached hydrogens (tertiary/aromatic N) is 5. The van der Waals surface area contributed by atoms with Gasteiger partial charge in [-0.05, 0) is 0 Å². The number of anilines is 2. The van der Waals surface area contributed by atoms with Crippen molar-refractivity contribution in [2.24, 2.45) is 10.7 Å². The molecule has 0 aliphatic heterocycles. The third-order valence-corrected chi connectivity index (χ3v) is 2.95. The number of hydrogen-bond donors (Lipinski definition) is 3. The van der Waals surface area contributed by atoms with Crippen molar-refractivity contribution >= 4 is 18.0 Å². The standard InChI is InChI=1S/C14H15F3N8/c1-19-6-9(3-18)24-13-23-7-10(11(20-2)25-13)8-4-21-12(22-5-8)14(15,16)17/h3-7H,18H2,1-2H3,(H2,20,23,24,25)/b9-3+,19-6?. The fourth-order valence-corrected chi connectivity index (χ4v) is 1.84. The molecule has 0 fully saturated rings. The number of aliphatic imine (C=N–C) groups is 1. The van der Waals surface area contributed by atoms with Gasteiger partial charge in [-0.25, -0.2) is 15.0 Å². The third kappa shape index (κ3) is 4.40. The maximum Gasteiger partial charge on any atom is 0.451 e. The maximum atomic E-state index is 12.5. The summed E-state index contributed by atoms with van der Waals surface area (Å²) in [5, 5.41) is 5.71. The lowest BCUT2D eigenvalue weighted by atomic mass is 10.1. The number of aromatic nitrogens is 4. The van der Waals surface area contributed by atoms with Gasteiger partial charge in [0.1, 0.15) is 5.82 Å². The van der Waals surface area contributed by atoms with Gasteiger partial charge in [0, 0.05) is 56.2 Å². The predicted molar refractivity (Wildman–Crippen MR) is 87.9 cm³/mol. The van der Waals surface area contributed by atoms with E-state index in [2.05, 4.69) is 35.6 Å². The van der Waals surface area contributed by atoms with Gasteiger partial charge in [-0.1, -0.05) is 0 Å². The van der Waals surface area contributed by atoms with E-state index >= 15 is 0 Å². The van der Waals surface area contributed by atoms with E-state index < -0.39 is 12.0 Å². The van der Waals surface area contributed by atoms with Crippen LogP contribution in [0.4, 0.5) is 24.9 Å². The van der Waals surface area contributed by atoms with E-state index in [1.165, 1.54) is 18.6 Å². The Morgan fingerprint density at radius 3 is 2.40 bits per heavy atom. The maximum absolute atomic E-state index is 12.5. The highest BCUT2D eigenvalue weighted by atomic mass is 19.4. The minimum Gasteiger partial charge on any atom is -0.403 e. The smallest absolute Gasteiger partial charge is 0.403 e. The van der Waals surface area contributed by atoms with Crippen molar-refractivity contribution in [3.8, 4) is 11.1 Å². The molecule has 0 aromatic carbocycles. The molecule has 0 amide bonds. The monoisotopic (exact) mass is 352 g/mol. The van der Waals surface area contributed by atoms with Gasteiger partial charge in [0.2, 0.25) is 11.8 Å². The Labute approximate surface area is 141 Å². The number of alkyl halides is 3. The highest BCUT2D eigenvalue weighted by molar-refractivity contribution is 5.82. The van der Waals surface area contributed by atoms with Crippen molar-refractivity contribution in [1.82, 2.24) is 19.9 Å². The molecule has 0 aliphatic rings. The molecule has 0 atom stereocenters. The van der Waals surface area contributed by atoms with E-state index in [0.29, 0.717) is 22.6 Å². The Bertz CT molecular complexity index is 784. The normalized spacial score (nSPS) is 12.4. The molecule has 0 radical (unpaired) electrons. The van der Waals surface area contributed by atoms with Crippen molar-refractivity contribution in [1.29, 1.82) is 0 Å². The molecule has 2 heterocycles. The van der Waals surface area contributed by atoms with Gasteiger partial charge in [-0.2, -0.15) is 18.2 Å². The topological polar surface area (TPSA) is 114 Å². The van der Waals surface area contributed by atoms with Crippen LogP contribution in [0.1, 0.15) is 5.82 Å². The largest absolute Gasteiger partial charge is 0.451 e. The molecule has 4 N–H and O–H groups in total. The molecule has 132 valence electrons. The number of nitrogens with one attached hydrogen (secondary N) is 2. The quantitative estimate of drug-likeness (QED) is 0.704. The average molecular weight is 352 g/mol. The van der Waals surface area contributed by atoms with Crippen molar-refractivity contribution in [2.45, 2.75) is 6.18 Å². The lowest BCUT2D eigenvalue weighted by Gasteiger charge is -2.11. The molecule has 0 saturated carbocycles. The van der Waals surface area contributed by atoms with Crippen LogP contribution in [0, 0.1) is 0 Å². The summed E-state index contributed by atoms with van der Waals surface area (Å²) >= 11 is 0. The Hall–Kier alpha value is -3.24. The number of halogens is 3. The summed E-state index contributed by atoms with van der Waals surface area (Å²) in [6, 6.07) is 0. The van der Waals surface area contributed by atoms with Gasteiger partial charge in [0.15, 0.2) is 0 Å². The Kier molecular flexibility index (Phi) is 5.47. The second-order valence-electron chi connectivity index (χ2n) is 4.63. The molecule has 2 aromatic heterocycles. The molecule has 0 saturated heterocycles. The summed E-state index contributed by atoms with van der Waals surface area (Å²) in [7, 11) is 3.20. The van der Waals surface area contributed by atoms with Gasteiger partial charge in [-0.3, -0.25) is 4.99 Å². The lowest BCUT2D eigenvalue weighted by molar-refractivity contribution is -0.144. The Morgan fingerprint density at radius 2 is 1.88 bits per heavy atom. The zero-order valence-electron chi connectivity index (χ0n) is 13.3. The van der Waals surface area contributed by atoms with Crippen LogP contribution in [0.2, 0.25) is 0 Å². The summed E-state index contributed by atoms with van der Waals surface area (Å²) in [6.07, 6.45) is 1.76. The van der Waals surface area contributed by atoms with E-state index in [4.69, 9.17) is 5.73 Å². The van der Waals surface area contributed by atoms with Gasteiger partial charge in [-0.15, -0.1) is 0 Å². The van der Waals surface area contributed by atoms with E-state index in [-0.39, 0.29) is 5.95 Å². The molecule has 11 heteroatoms. The second-order valence-corrected chi connectivity index (χ2v) is 4.63. The summed E-state index contributed by atoms with van der Waals surface area (Å²) in [5.41, 5.74) is 6.72. The van der Waals surface area contributed by atoms with E-state index in [0.717, 1.165) is 12.4 Å². The van der Waals surface area contributed by atoms with Crippen molar-refractivity contribution < 1.29 is 13.2 Å². The average Bonchev–Trinajstić information content (AvgIpc) is 2.60. The first-order valence-corrected chi connectivity index (χ1v) is 6.94. The van der Waals surface area contributed by atoms with Crippen LogP contribution in [0.15, 0.2) is 35.5 Å². The number of rotatable bonds is 5. The predicted octanol–water partition coefficient (Wildman–Crippen LogP) is 1.91. The summed E-state index contributed by atoms with van der Waals surface area (Å²) in [4.78, 5) is 18.8. The minimum atomic E-state index is -4.60. The van der Waals surface area contributed by atoms with E-state index in [1.807, 2.05) is 0 Å². The molecule has 25 heavy (non-hydrogen) atoms. The summed E-state index contributed by atoms with van der Waals surface area (Å²) < 4.78 is 37.6. The van der Waals surface area contributed by atoms with Gasteiger partial charge >= 0.3 is 6.18 Å². The van der Waals surface area contributed by atoms with Crippen LogP contribution in [-0.4, -0.2) is 40.2 Å². The summed E-state index contributed by atoms with van der Waals surface area (Å²) in [6.45, 7) is 0. The van der Waals surface area contributed by atoms with Gasteiger partial charge < -0.3 is 16.4 Å². The molecular weight excluding hydrogens is 337 g/mol. The minimum absolute atomic E-state index is 0.234. The molecular formula is C14H15F3N8. The first kappa shape index (κ1) is 18.1. The molecule has 0 aliphatic carbocycles. The molecule has 8 nitrogen and oxygen atoms in total. The molecule has 0 bridgehead atoms. The zero-order chi connectivity index (χ0) is 18.4. The molecule has 0 spiro atoms. The van der Waals surface area contributed by atoms with Crippen molar-refractivity contribution in [2.75, 3.05) is 24.7 Å². The highest BCUT2D eigenvalue weighted by Gasteiger charge is 2.34. The Morgan fingerprint density at radius 1 is 1.20 bits per heavy atom. The summed E-state index contributed by atoms with van der Waals surface area (Å²) in [5.74, 6) is -0.596. The molecule has 2 rings (SSSR count). The van der Waals surface area contributed by atoms with Crippen LogP contribution < -0.4 is 16.4 Å². The first-order chi connectivity index (χ1) is 11.9. The number of hydrogen-bond acceptors (Lipinski definition) is 8. The van der Waals surface area contributed by atoms with Gasteiger partial charge in [0.05, 0.1) is 5.70 Å². The molecule has 2 aromatic rings. The highest BCUT2D eigenvalue weighted by Crippen LogP contribution is 2.29. The first-order valence-electron chi connectivity index (χ1n) is 6.94. The molecule has 0 unspecified atom stereocenters. The van der Waals surface area contributed by atoms with Crippen LogP contribution in [-0.2, 0) is 6.18 Å². The van der Waals surface area contributed by atoms with Crippen LogP contribution in [0.5, 0.6) is 0 Å². The second kappa shape index (κ2) is 7.55. The van der Waals surface area contributed by atoms with Crippen LogP contribution in [0.3, 0.4) is 0 Å². The number of nitrogens with two attached hydrogens (primary N) is 1. The lowest BCUT2D eigenvalue weighted by Crippen LogP contribution is -2.11. The van der Waals surface area contributed by atoms with Crippen LogP contribution in [0.25, 0.3) is 11.1 Å².